The van der Waals surface area contributed by atoms with Crippen LogP contribution >= 0.6 is 11.6 Å². The van der Waals surface area contributed by atoms with Gasteiger partial charge in [-0.25, -0.2) is 4.39 Å². The molecule has 0 bridgehead atoms. The van der Waals surface area contributed by atoms with Crippen LogP contribution in [0, 0.1) is 5.82 Å². The molecule has 0 amide bonds. The Morgan fingerprint density at radius 2 is 2.19 bits per heavy atom. The summed E-state index contributed by atoms with van der Waals surface area (Å²) >= 11 is 5.76. The second-order valence-corrected chi connectivity index (χ2v) is 3.65. The van der Waals surface area contributed by atoms with Gasteiger partial charge in [-0.2, -0.15) is 0 Å². The fraction of sp³-hybridized carbons (Fsp3) is 0.0833. The normalized spacial score (nSPS) is 10.1. The van der Waals surface area contributed by atoms with Crippen LogP contribution in [0.25, 0.3) is 0 Å². The molecule has 0 aliphatic heterocycles. The molecule has 0 atom stereocenters. The van der Waals surface area contributed by atoms with E-state index >= 15 is 0 Å². The van der Waals surface area contributed by atoms with Crippen molar-refractivity contribution in [1.82, 2.24) is 4.98 Å². The van der Waals surface area contributed by atoms with Crippen LogP contribution in [0.1, 0.15) is 5.56 Å². The summed E-state index contributed by atoms with van der Waals surface area (Å²) in [6.07, 6.45) is 3.22. The van der Waals surface area contributed by atoms with Gasteiger partial charge in [0.15, 0.2) is 0 Å². The monoisotopic (exact) mass is 237 g/mol. The summed E-state index contributed by atoms with van der Waals surface area (Å²) in [5, 5.41) is 0.492. The van der Waals surface area contributed by atoms with Gasteiger partial charge in [0.25, 0.3) is 0 Å². The molecule has 1 heterocycles. The lowest BCUT2D eigenvalue weighted by atomic mass is 10.2. The molecule has 0 radical (unpaired) electrons. The van der Waals surface area contributed by atoms with E-state index in [1.54, 1.807) is 30.6 Å². The summed E-state index contributed by atoms with van der Waals surface area (Å²) in [6, 6.07) is 7.89. The lowest BCUT2D eigenvalue weighted by Crippen LogP contribution is -1.98. The van der Waals surface area contributed by atoms with Gasteiger partial charge < -0.3 is 4.74 Å². The Hall–Kier alpha value is -1.61. The average molecular weight is 238 g/mol. The van der Waals surface area contributed by atoms with Gasteiger partial charge in [0.2, 0.25) is 0 Å². The summed E-state index contributed by atoms with van der Waals surface area (Å²) in [5.41, 5.74) is 0.427. The smallest absolute Gasteiger partial charge is 0.138 e. The van der Waals surface area contributed by atoms with Gasteiger partial charge >= 0.3 is 0 Å². The van der Waals surface area contributed by atoms with Crippen LogP contribution in [-0.4, -0.2) is 4.98 Å². The Bertz CT molecular complexity index is 476. The highest BCUT2D eigenvalue weighted by Crippen LogP contribution is 2.17. The first-order valence-electron chi connectivity index (χ1n) is 4.72. The van der Waals surface area contributed by atoms with E-state index in [9.17, 15) is 4.39 Å². The number of rotatable bonds is 3. The molecule has 0 spiro atoms. The fourth-order valence-corrected chi connectivity index (χ4v) is 1.44. The third-order valence-corrected chi connectivity index (χ3v) is 2.27. The van der Waals surface area contributed by atoms with Gasteiger partial charge in [0.05, 0.1) is 6.20 Å². The standard InChI is InChI=1S/C12H9ClFNO/c13-10-3-4-12(14)9(6-10)8-16-11-2-1-5-15-7-11/h1-7H,8H2. The zero-order valence-corrected chi connectivity index (χ0v) is 9.12. The van der Waals surface area contributed by atoms with Crippen molar-refractivity contribution in [3.63, 3.8) is 0 Å². The number of aromatic nitrogens is 1. The fourth-order valence-electron chi connectivity index (χ4n) is 1.25. The molecule has 0 N–H and O–H groups in total. The Kier molecular flexibility index (Phi) is 3.37. The molecule has 0 aliphatic rings. The zero-order chi connectivity index (χ0) is 11.4. The molecular weight excluding hydrogens is 229 g/mol. The minimum atomic E-state index is -0.326. The first kappa shape index (κ1) is 10.9. The van der Waals surface area contributed by atoms with Crippen molar-refractivity contribution in [3.8, 4) is 5.75 Å². The molecule has 1 aromatic heterocycles. The van der Waals surface area contributed by atoms with Crippen LogP contribution in [-0.2, 0) is 6.61 Å². The highest BCUT2D eigenvalue weighted by molar-refractivity contribution is 6.30. The van der Waals surface area contributed by atoms with Crippen LogP contribution in [0.2, 0.25) is 5.02 Å². The van der Waals surface area contributed by atoms with Crippen LogP contribution < -0.4 is 4.74 Å². The number of pyridine rings is 1. The number of hydrogen-bond acceptors (Lipinski definition) is 2. The zero-order valence-electron chi connectivity index (χ0n) is 8.36. The van der Waals surface area contributed by atoms with Crippen LogP contribution in [0.4, 0.5) is 4.39 Å². The highest BCUT2D eigenvalue weighted by atomic mass is 35.5. The number of hydrogen-bond donors (Lipinski definition) is 0. The van der Waals surface area contributed by atoms with Crippen molar-refractivity contribution in [3.05, 3.63) is 59.1 Å². The lowest BCUT2D eigenvalue weighted by Gasteiger charge is -2.06. The van der Waals surface area contributed by atoms with Gasteiger partial charge in [-0.1, -0.05) is 11.6 Å². The maximum atomic E-state index is 13.3. The minimum absolute atomic E-state index is 0.137. The lowest BCUT2D eigenvalue weighted by molar-refractivity contribution is 0.298. The second kappa shape index (κ2) is 4.94. The van der Waals surface area contributed by atoms with Gasteiger partial charge in [-0.15, -0.1) is 0 Å². The molecule has 82 valence electrons. The molecule has 0 aliphatic carbocycles. The van der Waals surface area contributed by atoms with E-state index in [1.165, 1.54) is 12.1 Å². The Balaban J connectivity index is 2.08. The molecule has 2 nitrogen and oxygen atoms in total. The summed E-state index contributed by atoms with van der Waals surface area (Å²) < 4.78 is 18.7. The largest absolute Gasteiger partial charge is 0.487 e. The van der Waals surface area contributed by atoms with Crippen LogP contribution in [0.3, 0.4) is 0 Å². The molecule has 2 rings (SSSR count). The van der Waals surface area contributed by atoms with Gasteiger partial charge in [0.1, 0.15) is 18.2 Å². The number of halogens is 2. The number of ether oxygens (including phenoxy) is 1. The van der Waals surface area contributed by atoms with E-state index in [1.807, 2.05) is 0 Å². The molecule has 4 heteroatoms. The van der Waals surface area contributed by atoms with Crippen molar-refractivity contribution < 1.29 is 9.13 Å². The summed E-state index contributed by atoms with van der Waals surface area (Å²) in [7, 11) is 0. The van der Waals surface area contributed by atoms with Gasteiger partial charge in [0, 0.05) is 16.8 Å². The Morgan fingerprint density at radius 3 is 2.94 bits per heavy atom. The van der Waals surface area contributed by atoms with Crippen molar-refractivity contribution in [2.45, 2.75) is 6.61 Å². The van der Waals surface area contributed by atoms with E-state index in [2.05, 4.69) is 4.98 Å². The van der Waals surface area contributed by atoms with Crippen molar-refractivity contribution in [2.24, 2.45) is 0 Å². The molecule has 0 unspecified atom stereocenters. The number of nitrogens with zero attached hydrogens (tertiary/aromatic N) is 1. The second-order valence-electron chi connectivity index (χ2n) is 3.21. The summed E-state index contributed by atoms with van der Waals surface area (Å²) in [6.45, 7) is 0.137. The Labute approximate surface area is 97.7 Å². The first-order valence-corrected chi connectivity index (χ1v) is 5.10. The molecule has 0 saturated heterocycles. The third-order valence-electron chi connectivity index (χ3n) is 2.04. The van der Waals surface area contributed by atoms with Gasteiger partial charge in [-0.3, -0.25) is 4.98 Å². The van der Waals surface area contributed by atoms with E-state index in [0.29, 0.717) is 16.3 Å². The summed E-state index contributed by atoms with van der Waals surface area (Å²) in [4.78, 5) is 3.89. The quantitative estimate of drug-likeness (QED) is 0.816. The predicted octanol–water partition coefficient (Wildman–Crippen LogP) is 3.45. The molecule has 16 heavy (non-hydrogen) atoms. The average Bonchev–Trinajstić information content (AvgIpc) is 2.32. The topological polar surface area (TPSA) is 22.1 Å². The molecular formula is C12H9ClFNO. The van der Waals surface area contributed by atoms with E-state index in [4.69, 9.17) is 16.3 Å². The van der Waals surface area contributed by atoms with Gasteiger partial charge in [-0.05, 0) is 30.3 Å². The van der Waals surface area contributed by atoms with Crippen molar-refractivity contribution in [1.29, 1.82) is 0 Å². The minimum Gasteiger partial charge on any atom is -0.487 e. The molecule has 0 saturated carbocycles. The van der Waals surface area contributed by atoms with E-state index in [-0.39, 0.29) is 12.4 Å². The van der Waals surface area contributed by atoms with E-state index in [0.717, 1.165) is 0 Å². The first-order chi connectivity index (χ1) is 7.75. The van der Waals surface area contributed by atoms with Crippen molar-refractivity contribution in [2.75, 3.05) is 0 Å². The SMILES string of the molecule is Fc1ccc(Cl)cc1COc1cccnc1. The maximum Gasteiger partial charge on any atom is 0.138 e. The Morgan fingerprint density at radius 1 is 1.31 bits per heavy atom. The maximum absolute atomic E-state index is 13.3. The highest BCUT2D eigenvalue weighted by Gasteiger charge is 2.03. The molecule has 1 aromatic carbocycles. The summed E-state index contributed by atoms with van der Waals surface area (Å²) in [5.74, 6) is 0.273. The van der Waals surface area contributed by atoms with Crippen molar-refractivity contribution >= 4 is 11.6 Å². The number of benzene rings is 1. The molecule has 0 fully saturated rings. The molecule has 2 aromatic rings. The van der Waals surface area contributed by atoms with Crippen LogP contribution in [0.5, 0.6) is 5.75 Å². The van der Waals surface area contributed by atoms with E-state index < -0.39 is 0 Å². The third kappa shape index (κ3) is 2.70. The van der Waals surface area contributed by atoms with Crippen LogP contribution in [0.15, 0.2) is 42.7 Å². The predicted molar refractivity (Wildman–Crippen MR) is 60.0 cm³/mol.